The quantitative estimate of drug-likeness (QED) is 0.293. The average Bonchev–Trinajstić information content (AvgIpc) is 3.08. The second-order valence-electron chi connectivity index (χ2n) is 8.56. The van der Waals surface area contributed by atoms with Crippen LogP contribution in [0.2, 0.25) is 0 Å². The van der Waals surface area contributed by atoms with Gasteiger partial charge in [0.25, 0.3) is 11.8 Å². The smallest absolute Gasteiger partial charge is 0.261 e. The number of imide groups is 1. The fourth-order valence-electron chi connectivity index (χ4n) is 4.39. The molecule has 1 saturated heterocycles. The summed E-state index contributed by atoms with van der Waals surface area (Å²) in [7, 11) is 1.78. The van der Waals surface area contributed by atoms with Gasteiger partial charge in [0.05, 0.1) is 11.1 Å². The van der Waals surface area contributed by atoms with E-state index in [1.54, 1.807) is 31.3 Å². The van der Waals surface area contributed by atoms with Crippen LogP contribution in [0.15, 0.2) is 47.5 Å². The Kier molecular flexibility index (Phi) is 7.22. The van der Waals surface area contributed by atoms with Crippen LogP contribution < -0.4 is 15.5 Å². The Morgan fingerprint density at radius 3 is 2.36 bits per heavy atom. The predicted molar refractivity (Wildman–Crippen MR) is 130 cm³/mol. The SMILES string of the molecule is CN=C(NCCCCN1C(=O)c2ccccc2C1=O)NC1CCN(c2cccc(C)n2)CC1. The molecule has 3 heterocycles. The van der Waals surface area contributed by atoms with Crippen molar-refractivity contribution in [3.05, 3.63) is 59.3 Å². The predicted octanol–water partition coefficient (Wildman–Crippen LogP) is 2.60. The summed E-state index contributed by atoms with van der Waals surface area (Å²) in [4.78, 5) is 37.5. The highest BCUT2D eigenvalue weighted by atomic mass is 16.2. The Labute approximate surface area is 195 Å². The molecule has 1 aromatic heterocycles. The number of rotatable bonds is 7. The summed E-state index contributed by atoms with van der Waals surface area (Å²) >= 11 is 0. The number of carbonyl (C=O) groups is 2. The minimum absolute atomic E-state index is 0.187. The monoisotopic (exact) mass is 448 g/mol. The molecule has 2 aliphatic rings. The van der Waals surface area contributed by atoms with Crippen LogP contribution in [-0.4, -0.2) is 66.9 Å². The van der Waals surface area contributed by atoms with Gasteiger partial charge in [0.15, 0.2) is 5.96 Å². The van der Waals surface area contributed by atoms with Gasteiger partial charge in [-0.2, -0.15) is 0 Å². The summed E-state index contributed by atoms with van der Waals surface area (Å²) in [5.74, 6) is 1.47. The molecule has 33 heavy (non-hydrogen) atoms. The Bertz CT molecular complexity index is 994. The van der Waals surface area contributed by atoms with Crippen molar-refractivity contribution in [1.82, 2.24) is 20.5 Å². The van der Waals surface area contributed by atoms with Gasteiger partial charge in [-0.25, -0.2) is 4.98 Å². The van der Waals surface area contributed by atoms with Crippen LogP contribution in [0.1, 0.15) is 52.1 Å². The minimum Gasteiger partial charge on any atom is -0.356 e. The summed E-state index contributed by atoms with van der Waals surface area (Å²) < 4.78 is 0. The number of aromatic nitrogens is 1. The van der Waals surface area contributed by atoms with Crippen molar-refractivity contribution in [2.24, 2.45) is 4.99 Å². The highest BCUT2D eigenvalue weighted by Crippen LogP contribution is 2.22. The molecule has 2 aliphatic heterocycles. The highest BCUT2D eigenvalue weighted by molar-refractivity contribution is 6.21. The van der Waals surface area contributed by atoms with Crippen molar-refractivity contribution in [1.29, 1.82) is 0 Å². The Morgan fingerprint density at radius 1 is 1.03 bits per heavy atom. The van der Waals surface area contributed by atoms with E-state index in [0.29, 0.717) is 23.7 Å². The van der Waals surface area contributed by atoms with Crippen LogP contribution in [0.5, 0.6) is 0 Å². The molecule has 1 fully saturated rings. The summed E-state index contributed by atoms with van der Waals surface area (Å²) in [6.07, 6.45) is 3.63. The number of benzene rings is 1. The number of fused-ring (bicyclic) bond motifs is 1. The molecule has 174 valence electrons. The summed E-state index contributed by atoms with van der Waals surface area (Å²) in [5, 5.41) is 6.88. The van der Waals surface area contributed by atoms with E-state index in [9.17, 15) is 9.59 Å². The minimum atomic E-state index is -0.187. The van der Waals surface area contributed by atoms with E-state index in [-0.39, 0.29) is 11.8 Å². The van der Waals surface area contributed by atoms with Crippen molar-refractivity contribution in [2.45, 2.75) is 38.6 Å². The maximum Gasteiger partial charge on any atom is 0.261 e. The lowest BCUT2D eigenvalue weighted by atomic mass is 10.1. The highest BCUT2D eigenvalue weighted by Gasteiger charge is 2.34. The van der Waals surface area contributed by atoms with Crippen molar-refractivity contribution in [3.8, 4) is 0 Å². The zero-order valence-corrected chi connectivity index (χ0v) is 19.4. The van der Waals surface area contributed by atoms with Crippen molar-refractivity contribution in [2.75, 3.05) is 38.1 Å². The van der Waals surface area contributed by atoms with E-state index in [1.807, 2.05) is 13.0 Å². The topological polar surface area (TPSA) is 89.9 Å². The van der Waals surface area contributed by atoms with Gasteiger partial charge in [0.1, 0.15) is 5.82 Å². The molecular formula is C25H32N6O2. The molecule has 0 saturated carbocycles. The molecule has 2 N–H and O–H groups in total. The summed E-state index contributed by atoms with van der Waals surface area (Å²) in [6.45, 7) is 5.12. The third-order valence-corrected chi connectivity index (χ3v) is 6.24. The third kappa shape index (κ3) is 5.32. The van der Waals surface area contributed by atoms with Gasteiger partial charge in [-0.15, -0.1) is 0 Å². The van der Waals surface area contributed by atoms with Crippen LogP contribution in [-0.2, 0) is 0 Å². The number of unbranched alkanes of at least 4 members (excludes halogenated alkanes) is 1. The van der Waals surface area contributed by atoms with Crippen LogP contribution in [0.3, 0.4) is 0 Å². The molecule has 4 rings (SSSR count). The Hall–Kier alpha value is -3.42. The number of hydrogen-bond donors (Lipinski definition) is 2. The second-order valence-corrected chi connectivity index (χ2v) is 8.56. The molecule has 1 aromatic carbocycles. The number of guanidine groups is 1. The third-order valence-electron chi connectivity index (χ3n) is 6.24. The molecule has 2 aromatic rings. The lowest BCUT2D eigenvalue weighted by Gasteiger charge is -2.34. The van der Waals surface area contributed by atoms with Gasteiger partial charge >= 0.3 is 0 Å². The van der Waals surface area contributed by atoms with Crippen molar-refractivity contribution >= 4 is 23.6 Å². The number of anilines is 1. The molecule has 8 heteroatoms. The number of piperidine rings is 1. The first-order chi connectivity index (χ1) is 16.1. The van der Waals surface area contributed by atoms with E-state index in [1.165, 1.54) is 4.90 Å². The number of carbonyl (C=O) groups excluding carboxylic acids is 2. The van der Waals surface area contributed by atoms with Gasteiger partial charge in [-0.1, -0.05) is 18.2 Å². The number of amides is 2. The lowest BCUT2D eigenvalue weighted by Crippen LogP contribution is -2.49. The standard InChI is InChI=1S/C25H32N6O2/c1-18-8-7-11-22(28-18)30-16-12-19(13-17-30)29-25(26-2)27-14-5-6-15-31-23(32)20-9-3-4-10-21(20)24(31)33/h3-4,7-11,19H,5-6,12-17H2,1-2H3,(H2,26,27,29). The van der Waals surface area contributed by atoms with E-state index in [2.05, 4.69) is 37.6 Å². The number of nitrogens with one attached hydrogen (secondary N) is 2. The van der Waals surface area contributed by atoms with Gasteiger partial charge in [0.2, 0.25) is 0 Å². The zero-order valence-electron chi connectivity index (χ0n) is 19.4. The number of aryl methyl sites for hydroxylation is 1. The zero-order chi connectivity index (χ0) is 23.2. The molecule has 0 unspecified atom stereocenters. The lowest BCUT2D eigenvalue weighted by molar-refractivity contribution is 0.0652. The van der Waals surface area contributed by atoms with Crippen molar-refractivity contribution in [3.63, 3.8) is 0 Å². The summed E-state index contributed by atoms with van der Waals surface area (Å²) in [5.41, 5.74) is 2.06. The Balaban J connectivity index is 1.15. The number of hydrogen-bond acceptors (Lipinski definition) is 5. The molecule has 0 bridgehead atoms. The molecule has 0 spiro atoms. The molecular weight excluding hydrogens is 416 g/mol. The molecule has 2 amide bonds. The molecule has 0 atom stereocenters. The van der Waals surface area contributed by atoms with Crippen LogP contribution in [0.4, 0.5) is 5.82 Å². The van der Waals surface area contributed by atoms with E-state index >= 15 is 0 Å². The van der Waals surface area contributed by atoms with Gasteiger partial charge in [-0.05, 0) is 56.9 Å². The molecule has 8 nitrogen and oxygen atoms in total. The van der Waals surface area contributed by atoms with Crippen LogP contribution >= 0.6 is 0 Å². The van der Waals surface area contributed by atoms with E-state index < -0.39 is 0 Å². The molecule has 0 radical (unpaired) electrons. The number of pyridine rings is 1. The second kappa shape index (κ2) is 10.5. The first-order valence-corrected chi connectivity index (χ1v) is 11.7. The average molecular weight is 449 g/mol. The largest absolute Gasteiger partial charge is 0.356 e. The first kappa shape index (κ1) is 22.8. The Morgan fingerprint density at radius 2 is 1.73 bits per heavy atom. The molecule has 0 aliphatic carbocycles. The number of aliphatic imine (C=N–C) groups is 1. The normalized spacial score (nSPS) is 16.8. The summed E-state index contributed by atoms with van der Waals surface area (Å²) in [6, 6.07) is 13.5. The first-order valence-electron chi connectivity index (χ1n) is 11.7. The van der Waals surface area contributed by atoms with Crippen LogP contribution in [0, 0.1) is 6.92 Å². The fourth-order valence-corrected chi connectivity index (χ4v) is 4.39. The van der Waals surface area contributed by atoms with Gasteiger partial charge in [0, 0.05) is 45.0 Å². The van der Waals surface area contributed by atoms with Crippen molar-refractivity contribution < 1.29 is 9.59 Å². The van der Waals surface area contributed by atoms with Gasteiger partial charge in [-0.3, -0.25) is 19.5 Å². The van der Waals surface area contributed by atoms with E-state index in [0.717, 1.165) is 62.8 Å². The van der Waals surface area contributed by atoms with Gasteiger partial charge < -0.3 is 15.5 Å². The fraction of sp³-hybridized carbons (Fsp3) is 0.440. The number of nitrogens with zero attached hydrogens (tertiary/aromatic N) is 4. The van der Waals surface area contributed by atoms with Crippen LogP contribution in [0.25, 0.3) is 0 Å². The van der Waals surface area contributed by atoms with E-state index in [4.69, 9.17) is 0 Å². The maximum absolute atomic E-state index is 12.4. The maximum atomic E-state index is 12.4.